The van der Waals surface area contributed by atoms with Crippen LogP contribution in [0.25, 0.3) is 21.6 Å². The third-order valence-electron chi connectivity index (χ3n) is 5.47. The zero-order valence-corrected chi connectivity index (χ0v) is 20.2. The van der Waals surface area contributed by atoms with Crippen molar-refractivity contribution in [3.05, 3.63) is 45.9 Å². The molecule has 5 rings (SSSR count). The number of rotatable bonds is 7. The summed E-state index contributed by atoms with van der Waals surface area (Å²) in [6, 6.07) is 6.02. The number of pyridine rings is 1. The predicted octanol–water partition coefficient (Wildman–Crippen LogP) is 4.96. The number of nitrogens with one attached hydrogen (secondary N) is 2. The molecule has 1 fully saturated rings. The number of thiophene rings is 1. The molecule has 10 heteroatoms. The molecule has 33 heavy (non-hydrogen) atoms. The van der Waals surface area contributed by atoms with Gasteiger partial charge in [0.05, 0.1) is 34.3 Å². The van der Waals surface area contributed by atoms with Crippen LogP contribution in [0.3, 0.4) is 0 Å². The van der Waals surface area contributed by atoms with E-state index in [0.717, 1.165) is 45.0 Å². The van der Waals surface area contributed by atoms with Crippen LogP contribution >= 0.6 is 22.7 Å². The quantitative estimate of drug-likeness (QED) is 0.389. The standard InChI is InChI=1S/C23H24N6O2S2/c1-12(2)29-21-17(10-25-29)16(8-18(26-21)14-4-5-14)22(31)28-23-27-19(11-32-23)20-7-6-15(33-20)9-24-13(3)30/h6-8,10-12,14H,4-5,9H2,1-3H3,(H,24,30)(H,27,28,31). The zero-order chi connectivity index (χ0) is 23.1. The Morgan fingerprint density at radius 2 is 2.06 bits per heavy atom. The molecular formula is C23H24N6O2S2. The number of carbonyl (C=O) groups excluding carboxylic acids is 2. The van der Waals surface area contributed by atoms with Gasteiger partial charge in [0.2, 0.25) is 5.91 Å². The second kappa shape index (κ2) is 8.68. The largest absolute Gasteiger partial charge is 0.351 e. The summed E-state index contributed by atoms with van der Waals surface area (Å²) < 4.78 is 1.87. The normalized spacial score (nSPS) is 13.6. The van der Waals surface area contributed by atoms with E-state index in [2.05, 4.69) is 34.6 Å². The van der Waals surface area contributed by atoms with E-state index >= 15 is 0 Å². The van der Waals surface area contributed by atoms with Crippen LogP contribution in [0.1, 0.15) is 66.5 Å². The second-order valence-electron chi connectivity index (χ2n) is 8.46. The van der Waals surface area contributed by atoms with Crippen molar-refractivity contribution >= 4 is 50.7 Å². The van der Waals surface area contributed by atoms with E-state index in [4.69, 9.17) is 4.98 Å². The van der Waals surface area contributed by atoms with Crippen molar-refractivity contribution in [1.29, 1.82) is 0 Å². The van der Waals surface area contributed by atoms with Crippen LogP contribution in [0, 0.1) is 0 Å². The molecule has 0 aromatic carbocycles. The molecular weight excluding hydrogens is 456 g/mol. The number of hydrogen-bond donors (Lipinski definition) is 2. The van der Waals surface area contributed by atoms with Gasteiger partial charge in [-0.2, -0.15) is 5.10 Å². The highest BCUT2D eigenvalue weighted by Gasteiger charge is 2.28. The van der Waals surface area contributed by atoms with Gasteiger partial charge in [-0.05, 0) is 44.9 Å². The van der Waals surface area contributed by atoms with Crippen LogP contribution in [-0.4, -0.2) is 31.6 Å². The Morgan fingerprint density at radius 3 is 2.79 bits per heavy atom. The topological polar surface area (TPSA) is 102 Å². The number of nitrogens with zero attached hydrogens (tertiary/aromatic N) is 4. The van der Waals surface area contributed by atoms with Gasteiger partial charge in [-0.1, -0.05) is 0 Å². The Kier molecular flexibility index (Phi) is 5.71. The molecule has 2 N–H and O–H groups in total. The Balaban J connectivity index is 1.38. The number of hydrogen-bond acceptors (Lipinski definition) is 7. The van der Waals surface area contributed by atoms with Crippen molar-refractivity contribution in [3.63, 3.8) is 0 Å². The number of anilines is 1. The van der Waals surface area contributed by atoms with Crippen molar-refractivity contribution in [1.82, 2.24) is 25.1 Å². The number of aromatic nitrogens is 4. The molecule has 0 unspecified atom stereocenters. The van der Waals surface area contributed by atoms with E-state index in [1.807, 2.05) is 28.3 Å². The van der Waals surface area contributed by atoms with Crippen LogP contribution in [0.4, 0.5) is 5.13 Å². The van der Waals surface area contributed by atoms with E-state index in [9.17, 15) is 9.59 Å². The number of fused-ring (bicyclic) bond motifs is 1. The molecule has 1 aliphatic carbocycles. The summed E-state index contributed by atoms with van der Waals surface area (Å²) in [4.78, 5) is 35.9. The van der Waals surface area contributed by atoms with Crippen molar-refractivity contribution in [2.24, 2.45) is 0 Å². The van der Waals surface area contributed by atoms with Crippen LogP contribution in [-0.2, 0) is 11.3 Å². The molecule has 0 atom stereocenters. The highest BCUT2D eigenvalue weighted by atomic mass is 32.1. The molecule has 4 aromatic heterocycles. The van der Waals surface area contributed by atoms with Gasteiger partial charge in [0.15, 0.2) is 10.8 Å². The molecule has 0 radical (unpaired) electrons. The predicted molar refractivity (Wildman–Crippen MR) is 131 cm³/mol. The van der Waals surface area contributed by atoms with Gasteiger partial charge in [-0.15, -0.1) is 22.7 Å². The van der Waals surface area contributed by atoms with Crippen LogP contribution in [0.5, 0.6) is 0 Å². The van der Waals surface area contributed by atoms with Crippen molar-refractivity contribution in [3.8, 4) is 10.6 Å². The first-order valence-electron chi connectivity index (χ1n) is 10.9. The molecule has 170 valence electrons. The summed E-state index contributed by atoms with van der Waals surface area (Å²) in [5, 5.41) is 13.5. The van der Waals surface area contributed by atoms with E-state index < -0.39 is 0 Å². The maximum absolute atomic E-state index is 13.3. The molecule has 2 amide bonds. The molecule has 0 spiro atoms. The maximum Gasteiger partial charge on any atom is 0.258 e. The Morgan fingerprint density at radius 1 is 1.24 bits per heavy atom. The SMILES string of the molecule is CC(=O)NCc1ccc(-c2csc(NC(=O)c3cc(C4CC4)nc4c3cnn4C(C)C)n2)s1. The van der Waals surface area contributed by atoms with Crippen molar-refractivity contribution in [2.45, 2.75) is 52.1 Å². The molecule has 0 bridgehead atoms. The number of amides is 2. The average Bonchev–Trinajstić information content (AvgIpc) is 3.16. The van der Waals surface area contributed by atoms with Gasteiger partial charge in [-0.3, -0.25) is 14.9 Å². The molecule has 4 heterocycles. The summed E-state index contributed by atoms with van der Waals surface area (Å²) >= 11 is 2.96. The van der Waals surface area contributed by atoms with Gasteiger partial charge in [0, 0.05) is 34.8 Å². The van der Waals surface area contributed by atoms with E-state index in [1.165, 1.54) is 18.3 Å². The molecule has 8 nitrogen and oxygen atoms in total. The highest BCUT2D eigenvalue weighted by molar-refractivity contribution is 7.17. The summed E-state index contributed by atoms with van der Waals surface area (Å²) in [5.74, 6) is 0.164. The van der Waals surface area contributed by atoms with Crippen LogP contribution in [0.2, 0.25) is 0 Å². The lowest BCUT2D eigenvalue weighted by atomic mass is 10.1. The lowest BCUT2D eigenvalue weighted by Gasteiger charge is -2.10. The smallest absolute Gasteiger partial charge is 0.258 e. The van der Waals surface area contributed by atoms with Gasteiger partial charge in [0.25, 0.3) is 5.91 Å². The summed E-state index contributed by atoms with van der Waals surface area (Å²) in [6.45, 7) is 6.11. The van der Waals surface area contributed by atoms with Crippen molar-refractivity contribution in [2.75, 3.05) is 5.32 Å². The van der Waals surface area contributed by atoms with Gasteiger partial charge >= 0.3 is 0 Å². The third kappa shape index (κ3) is 4.53. The Bertz CT molecular complexity index is 1350. The third-order valence-corrected chi connectivity index (χ3v) is 7.33. The van der Waals surface area contributed by atoms with Gasteiger partial charge in [-0.25, -0.2) is 14.6 Å². The lowest BCUT2D eigenvalue weighted by Crippen LogP contribution is -2.17. The first kappa shape index (κ1) is 21.7. The molecule has 1 saturated carbocycles. The Hall–Kier alpha value is -3.11. The van der Waals surface area contributed by atoms with Gasteiger partial charge in [0.1, 0.15) is 0 Å². The van der Waals surface area contributed by atoms with E-state index in [0.29, 0.717) is 23.2 Å². The summed E-state index contributed by atoms with van der Waals surface area (Å²) in [6.07, 6.45) is 3.94. The molecule has 1 aliphatic rings. The molecule has 0 aliphatic heterocycles. The highest BCUT2D eigenvalue weighted by Crippen LogP contribution is 2.40. The van der Waals surface area contributed by atoms with Crippen LogP contribution in [0.15, 0.2) is 29.8 Å². The van der Waals surface area contributed by atoms with E-state index in [-0.39, 0.29) is 17.9 Å². The van der Waals surface area contributed by atoms with Crippen LogP contribution < -0.4 is 10.6 Å². The zero-order valence-electron chi connectivity index (χ0n) is 18.6. The fourth-order valence-corrected chi connectivity index (χ4v) is 5.31. The average molecular weight is 481 g/mol. The second-order valence-corrected chi connectivity index (χ2v) is 10.5. The minimum atomic E-state index is -0.203. The van der Waals surface area contributed by atoms with E-state index in [1.54, 1.807) is 17.5 Å². The monoisotopic (exact) mass is 480 g/mol. The fourth-order valence-electron chi connectivity index (χ4n) is 3.62. The van der Waals surface area contributed by atoms with Gasteiger partial charge < -0.3 is 5.32 Å². The first-order valence-corrected chi connectivity index (χ1v) is 12.6. The maximum atomic E-state index is 13.3. The first-order chi connectivity index (χ1) is 15.9. The minimum Gasteiger partial charge on any atom is -0.351 e. The lowest BCUT2D eigenvalue weighted by molar-refractivity contribution is -0.119. The molecule has 0 saturated heterocycles. The summed E-state index contributed by atoms with van der Waals surface area (Å²) in [5.41, 5.74) is 3.10. The summed E-state index contributed by atoms with van der Waals surface area (Å²) in [7, 11) is 0. The fraction of sp³-hybridized carbons (Fsp3) is 0.348. The molecule has 4 aromatic rings. The van der Waals surface area contributed by atoms with Crippen molar-refractivity contribution < 1.29 is 9.59 Å². The number of thiazole rings is 1. The Labute approximate surface area is 199 Å². The minimum absolute atomic E-state index is 0.0578. The number of carbonyl (C=O) groups is 2.